The number of nitrogens with zero attached hydrogens (tertiary/aromatic N) is 2. The van der Waals surface area contributed by atoms with Crippen LogP contribution in [0.4, 0.5) is 4.79 Å². The summed E-state index contributed by atoms with van der Waals surface area (Å²) in [7, 11) is 0. The Morgan fingerprint density at radius 1 is 1.07 bits per heavy atom. The van der Waals surface area contributed by atoms with Crippen LogP contribution >= 0.6 is 0 Å². The second-order valence-corrected chi connectivity index (χ2v) is 4.12. The van der Waals surface area contributed by atoms with Gasteiger partial charge in [0.25, 0.3) is 0 Å². The first-order valence-corrected chi connectivity index (χ1v) is 4.82. The van der Waals surface area contributed by atoms with E-state index in [0.29, 0.717) is 26.2 Å². The van der Waals surface area contributed by atoms with Crippen molar-refractivity contribution < 1.29 is 19.8 Å². The van der Waals surface area contributed by atoms with E-state index in [9.17, 15) is 9.59 Å². The maximum absolute atomic E-state index is 11.0. The van der Waals surface area contributed by atoms with Crippen molar-refractivity contribution >= 4 is 12.1 Å². The van der Waals surface area contributed by atoms with E-state index in [1.165, 1.54) is 4.90 Å². The highest BCUT2D eigenvalue weighted by molar-refractivity contribution is 5.77. The zero-order valence-electron chi connectivity index (χ0n) is 8.93. The predicted octanol–water partition coefficient (Wildman–Crippen LogP) is 0.145. The van der Waals surface area contributed by atoms with Crippen molar-refractivity contribution in [3.63, 3.8) is 0 Å². The third-order valence-electron chi connectivity index (χ3n) is 2.86. The molecule has 0 radical (unpaired) electrons. The highest BCUT2D eigenvalue weighted by Crippen LogP contribution is 2.17. The number of hydrogen-bond donors (Lipinski definition) is 2. The van der Waals surface area contributed by atoms with E-state index in [4.69, 9.17) is 10.2 Å². The Morgan fingerprint density at radius 2 is 1.53 bits per heavy atom. The molecular formula is C9H16N2O4. The third kappa shape index (κ3) is 2.38. The summed E-state index contributed by atoms with van der Waals surface area (Å²) in [4.78, 5) is 24.7. The third-order valence-corrected chi connectivity index (χ3v) is 2.86. The van der Waals surface area contributed by atoms with Gasteiger partial charge in [0.1, 0.15) is 5.54 Å². The Hall–Kier alpha value is -1.30. The molecule has 0 saturated carbocycles. The highest BCUT2D eigenvalue weighted by Gasteiger charge is 2.36. The number of aliphatic carboxylic acids is 1. The van der Waals surface area contributed by atoms with Crippen LogP contribution in [-0.2, 0) is 4.79 Å². The minimum Gasteiger partial charge on any atom is -0.480 e. The highest BCUT2D eigenvalue weighted by atomic mass is 16.4. The molecule has 1 amide bonds. The molecule has 0 atom stereocenters. The molecule has 0 aromatic carbocycles. The molecule has 15 heavy (non-hydrogen) atoms. The molecule has 6 nitrogen and oxygen atoms in total. The summed E-state index contributed by atoms with van der Waals surface area (Å²) >= 11 is 0. The predicted molar refractivity (Wildman–Crippen MR) is 52.9 cm³/mol. The zero-order chi connectivity index (χ0) is 11.6. The quantitative estimate of drug-likeness (QED) is 0.686. The van der Waals surface area contributed by atoms with E-state index in [-0.39, 0.29) is 0 Å². The fourth-order valence-electron chi connectivity index (χ4n) is 1.59. The summed E-state index contributed by atoms with van der Waals surface area (Å²) in [6.45, 7) is 4.92. The number of amides is 1. The molecule has 1 rings (SSSR count). The van der Waals surface area contributed by atoms with Gasteiger partial charge in [-0.05, 0) is 13.8 Å². The van der Waals surface area contributed by atoms with Gasteiger partial charge in [-0.3, -0.25) is 9.69 Å². The van der Waals surface area contributed by atoms with Gasteiger partial charge in [-0.15, -0.1) is 0 Å². The van der Waals surface area contributed by atoms with Gasteiger partial charge in [-0.2, -0.15) is 0 Å². The molecule has 2 N–H and O–H groups in total. The van der Waals surface area contributed by atoms with Gasteiger partial charge in [0.2, 0.25) is 0 Å². The number of carbonyl (C=O) groups is 2. The van der Waals surface area contributed by atoms with Gasteiger partial charge in [-0.1, -0.05) is 0 Å². The van der Waals surface area contributed by atoms with Gasteiger partial charge < -0.3 is 15.1 Å². The Kier molecular flexibility index (Phi) is 3.18. The smallest absolute Gasteiger partial charge is 0.407 e. The van der Waals surface area contributed by atoms with Crippen LogP contribution in [0.2, 0.25) is 0 Å². The summed E-state index contributed by atoms with van der Waals surface area (Å²) in [5, 5.41) is 17.7. The molecule has 1 saturated heterocycles. The van der Waals surface area contributed by atoms with E-state index in [0.717, 1.165) is 0 Å². The monoisotopic (exact) mass is 216 g/mol. The molecule has 0 bridgehead atoms. The summed E-state index contributed by atoms with van der Waals surface area (Å²) in [5.74, 6) is -0.883. The van der Waals surface area contributed by atoms with Crippen LogP contribution in [0.25, 0.3) is 0 Å². The molecule has 0 unspecified atom stereocenters. The Bertz CT molecular complexity index is 269. The van der Waals surface area contributed by atoms with Gasteiger partial charge >= 0.3 is 12.1 Å². The average molecular weight is 216 g/mol. The van der Waals surface area contributed by atoms with Crippen molar-refractivity contribution in [2.45, 2.75) is 19.4 Å². The van der Waals surface area contributed by atoms with Crippen molar-refractivity contribution in [3.8, 4) is 0 Å². The zero-order valence-corrected chi connectivity index (χ0v) is 8.93. The van der Waals surface area contributed by atoms with Crippen LogP contribution in [0.5, 0.6) is 0 Å². The van der Waals surface area contributed by atoms with Crippen LogP contribution in [-0.4, -0.2) is 63.8 Å². The lowest BCUT2D eigenvalue weighted by Crippen LogP contribution is -2.58. The lowest BCUT2D eigenvalue weighted by atomic mass is 10.0. The summed E-state index contributed by atoms with van der Waals surface area (Å²) in [6.07, 6.45) is -0.942. The van der Waals surface area contributed by atoms with Crippen LogP contribution in [0.1, 0.15) is 13.8 Å². The maximum atomic E-state index is 11.0. The van der Waals surface area contributed by atoms with Gasteiger partial charge in [-0.25, -0.2) is 4.79 Å². The lowest BCUT2D eigenvalue weighted by molar-refractivity contribution is -0.150. The fraction of sp³-hybridized carbons (Fsp3) is 0.778. The normalized spacial score (nSPS) is 18.9. The standard InChI is InChI=1S/C9H16N2O4/c1-9(2,7(12)13)11-5-3-10(4-6-11)8(14)15/h3-6H2,1-2H3,(H,12,13)(H,14,15). The first-order chi connectivity index (χ1) is 6.85. The van der Waals surface area contributed by atoms with Crippen LogP contribution < -0.4 is 0 Å². The van der Waals surface area contributed by atoms with E-state index in [2.05, 4.69) is 0 Å². The SMILES string of the molecule is CC(C)(C(=O)O)N1CCN(C(=O)O)CC1. The van der Waals surface area contributed by atoms with Gasteiger partial charge in [0.15, 0.2) is 0 Å². The largest absolute Gasteiger partial charge is 0.480 e. The lowest BCUT2D eigenvalue weighted by Gasteiger charge is -2.40. The van der Waals surface area contributed by atoms with E-state index >= 15 is 0 Å². The molecule has 0 spiro atoms. The molecule has 6 heteroatoms. The number of rotatable bonds is 2. The van der Waals surface area contributed by atoms with Crippen molar-refractivity contribution in [2.24, 2.45) is 0 Å². The van der Waals surface area contributed by atoms with Crippen LogP contribution in [0.3, 0.4) is 0 Å². The van der Waals surface area contributed by atoms with Crippen molar-refractivity contribution in [1.29, 1.82) is 0 Å². The Morgan fingerprint density at radius 3 is 1.87 bits per heavy atom. The van der Waals surface area contributed by atoms with Gasteiger partial charge in [0.05, 0.1) is 0 Å². The number of carboxylic acids is 1. The molecule has 0 aromatic rings. The van der Waals surface area contributed by atoms with Crippen molar-refractivity contribution in [2.75, 3.05) is 26.2 Å². The minimum atomic E-state index is -0.942. The van der Waals surface area contributed by atoms with E-state index < -0.39 is 17.6 Å². The summed E-state index contributed by atoms with van der Waals surface area (Å²) in [6, 6.07) is 0. The molecule has 1 aliphatic heterocycles. The van der Waals surface area contributed by atoms with Crippen molar-refractivity contribution in [3.05, 3.63) is 0 Å². The van der Waals surface area contributed by atoms with Crippen molar-refractivity contribution in [1.82, 2.24) is 9.80 Å². The molecule has 0 aromatic heterocycles. The first-order valence-electron chi connectivity index (χ1n) is 4.82. The molecule has 1 heterocycles. The average Bonchev–Trinajstić information content (AvgIpc) is 2.17. The molecular weight excluding hydrogens is 200 g/mol. The number of carboxylic acid groups (broad SMARTS) is 2. The maximum Gasteiger partial charge on any atom is 0.407 e. The van der Waals surface area contributed by atoms with Crippen LogP contribution in [0, 0.1) is 0 Å². The summed E-state index contributed by atoms with van der Waals surface area (Å²) < 4.78 is 0. The minimum absolute atomic E-state index is 0.367. The second-order valence-electron chi connectivity index (χ2n) is 4.12. The first kappa shape index (κ1) is 11.8. The second kappa shape index (κ2) is 4.06. The Labute approximate surface area is 88.1 Å². The molecule has 1 fully saturated rings. The van der Waals surface area contributed by atoms with E-state index in [1.807, 2.05) is 0 Å². The van der Waals surface area contributed by atoms with Gasteiger partial charge in [0, 0.05) is 26.2 Å². The summed E-state index contributed by atoms with van der Waals surface area (Å²) in [5.41, 5.74) is -0.926. The van der Waals surface area contributed by atoms with Crippen LogP contribution in [0.15, 0.2) is 0 Å². The molecule has 0 aliphatic carbocycles. The topological polar surface area (TPSA) is 81.1 Å². The van der Waals surface area contributed by atoms with E-state index in [1.54, 1.807) is 18.7 Å². The number of piperazine rings is 1. The molecule has 86 valence electrons. The number of hydrogen-bond acceptors (Lipinski definition) is 3. The molecule has 1 aliphatic rings. The Balaban J connectivity index is 2.57. The fourth-order valence-corrected chi connectivity index (χ4v) is 1.59.